The van der Waals surface area contributed by atoms with Crippen molar-refractivity contribution < 1.29 is 4.39 Å². The largest absolute Gasteiger partial charge is 0.207 e. The zero-order valence-corrected chi connectivity index (χ0v) is 11.4. The van der Waals surface area contributed by atoms with Crippen molar-refractivity contribution in [3.8, 4) is 0 Å². The molecule has 0 aliphatic carbocycles. The van der Waals surface area contributed by atoms with E-state index in [4.69, 9.17) is 11.6 Å². The molecule has 1 aromatic carbocycles. The second-order valence-corrected chi connectivity index (χ2v) is 6.16. The third kappa shape index (κ3) is 3.08. The zero-order chi connectivity index (χ0) is 12.4. The summed E-state index contributed by atoms with van der Waals surface area (Å²) in [5.74, 6) is -0.204. The van der Waals surface area contributed by atoms with Crippen molar-refractivity contribution in [3.05, 3.63) is 57.0 Å². The molecule has 0 bridgehead atoms. The first-order valence-corrected chi connectivity index (χ1v) is 6.77. The van der Waals surface area contributed by atoms with Crippen LogP contribution >= 0.6 is 22.9 Å². The Hall–Kier alpha value is -0.860. The smallest absolute Gasteiger partial charge is 0.123 e. The van der Waals surface area contributed by atoms with E-state index in [-0.39, 0.29) is 11.2 Å². The molecule has 1 aromatic heterocycles. The van der Waals surface area contributed by atoms with Crippen LogP contribution in [0.3, 0.4) is 0 Å². The molecule has 0 radical (unpaired) electrons. The molecule has 0 amide bonds. The average molecular weight is 269 g/mol. The number of rotatable bonds is 3. The number of benzene rings is 1. The predicted molar refractivity (Wildman–Crippen MR) is 72.5 cm³/mol. The van der Waals surface area contributed by atoms with Crippen molar-refractivity contribution in [2.24, 2.45) is 0 Å². The summed E-state index contributed by atoms with van der Waals surface area (Å²) in [7, 11) is 0. The van der Waals surface area contributed by atoms with E-state index in [1.54, 1.807) is 23.5 Å². The molecule has 90 valence electrons. The fourth-order valence-corrected chi connectivity index (χ4v) is 3.40. The first kappa shape index (κ1) is 12.6. The molecular formula is C14H14ClFS. The Morgan fingerprint density at radius 2 is 2.06 bits per heavy atom. The van der Waals surface area contributed by atoms with E-state index in [0.717, 1.165) is 5.56 Å². The molecule has 0 fully saturated rings. The monoisotopic (exact) mass is 268 g/mol. The average Bonchev–Trinajstić information content (AvgIpc) is 2.58. The van der Waals surface area contributed by atoms with Gasteiger partial charge in [0.1, 0.15) is 5.82 Å². The molecule has 0 aliphatic rings. The van der Waals surface area contributed by atoms with E-state index >= 15 is 0 Å². The van der Waals surface area contributed by atoms with Gasteiger partial charge in [0.2, 0.25) is 0 Å². The summed E-state index contributed by atoms with van der Waals surface area (Å²) in [5.41, 5.74) is 2.10. The van der Waals surface area contributed by atoms with Crippen LogP contribution in [0.2, 0.25) is 0 Å². The highest BCUT2D eigenvalue weighted by molar-refractivity contribution is 7.12. The molecule has 0 saturated carbocycles. The van der Waals surface area contributed by atoms with Gasteiger partial charge in [-0.05, 0) is 49.6 Å². The number of alkyl halides is 1. The quantitative estimate of drug-likeness (QED) is 0.685. The van der Waals surface area contributed by atoms with E-state index < -0.39 is 0 Å². The molecule has 0 nitrogen and oxygen atoms in total. The minimum atomic E-state index is -0.204. The second kappa shape index (κ2) is 5.19. The molecule has 1 atom stereocenters. The van der Waals surface area contributed by atoms with Crippen molar-refractivity contribution in [1.29, 1.82) is 0 Å². The Morgan fingerprint density at radius 3 is 2.65 bits per heavy atom. The highest BCUT2D eigenvalue weighted by Gasteiger charge is 2.14. The molecule has 0 N–H and O–H groups in total. The van der Waals surface area contributed by atoms with Crippen LogP contribution in [0.15, 0.2) is 30.3 Å². The SMILES string of the molecule is Cc1cc(C(Cl)Cc2cccc(F)c2)c(C)s1. The van der Waals surface area contributed by atoms with Crippen LogP contribution in [-0.2, 0) is 6.42 Å². The maximum atomic E-state index is 13.1. The van der Waals surface area contributed by atoms with Crippen LogP contribution in [0, 0.1) is 19.7 Å². The number of halogens is 2. The van der Waals surface area contributed by atoms with Gasteiger partial charge in [0.25, 0.3) is 0 Å². The topological polar surface area (TPSA) is 0 Å². The van der Waals surface area contributed by atoms with Gasteiger partial charge in [0.15, 0.2) is 0 Å². The van der Waals surface area contributed by atoms with Gasteiger partial charge in [-0.2, -0.15) is 0 Å². The highest BCUT2D eigenvalue weighted by Crippen LogP contribution is 2.32. The van der Waals surface area contributed by atoms with Crippen molar-refractivity contribution in [2.75, 3.05) is 0 Å². The lowest BCUT2D eigenvalue weighted by Crippen LogP contribution is -1.96. The molecule has 0 aliphatic heterocycles. The van der Waals surface area contributed by atoms with Crippen LogP contribution in [0.5, 0.6) is 0 Å². The molecule has 1 unspecified atom stereocenters. The van der Waals surface area contributed by atoms with Crippen LogP contribution in [-0.4, -0.2) is 0 Å². The summed E-state index contributed by atoms with van der Waals surface area (Å²) in [5, 5.41) is -0.0817. The third-order valence-electron chi connectivity index (χ3n) is 2.72. The normalized spacial score (nSPS) is 12.7. The maximum Gasteiger partial charge on any atom is 0.123 e. The number of hydrogen-bond acceptors (Lipinski definition) is 1. The number of aryl methyl sites for hydroxylation is 2. The van der Waals surface area contributed by atoms with Crippen molar-refractivity contribution in [3.63, 3.8) is 0 Å². The van der Waals surface area contributed by atoms with Gasteiger partial charge < -0.3 is 0 Å². The van der Waals surface area contributed by atoms with E-state index in [0.29, 0.717) is 6.42 Å². The van der Waals surface area contributed by atoms with Crippen LogP contribution in [0.1, 0.15) is 26.3 Å². The standard InChI is InChI=1S/C14H14ClFS/c1-9-6-13(10(2)17-9)14(15)8-11-4-3-5-12(16)7-11/h3-7,14H,8H2,1-2H3. The summed E-state index contributed by atoms with van der Waals surface area (Å²) in [6.45, 7) is 4.15. The highest BCUT2D eigenvalue weighted by atomic mass is 35.5. The summed E-state index contributed by atoms with van der Waals surface area (Å²) in [4.78, 5) is 2.52. The molecular weight excluding hydrogens is 255 g/mol. The summed E-state index contributed by atoms with van der Waals surface area (Å²) < 4.78 is 13.1. The molecule has 2 rings (SSSR count). The summed E-state index contributed by atoms with van der Waals surface area (Å²) in [6, 6.07) is 8.75. The molecule has 0 saturated heterocycles. The van der Waals surface area contributed by atoms with Gasteiger partial charge in [0, 0.05) is 9.75 Å². The first-order chi connectivity index (χ1) is 8.06. The van der Waals surface area contributed by atoms with Gasteiger partial charge in [-0.1, -0.05) is 12.1 Å². The lowest BCUT2D eigenvalue weighted by Gasteiger charge is -2.09. The second-order valence-electron chi connectivity index (χ2n) is 4.17. The molecule has 1 heterocycles. The molecule has 3 heteroatoms. The van der Waals surface area contributed by atoms with Crippen molar-refractivity contribution in [2.45, 2.75) is 25.6 Å². The fourth-order valence-electron chi connectivity index (χ4n) is 1.94. The van der Waals surface area contributed by atoms with Crippen LogP contribution in [0.4, 0.5) is 4.39 Å². The van der Waals surface area contributed by atoms with E-state index in [1.165, 1.54) is 21.4 Å². The number of hydrogen-bond donors (Lipinski definition) is 0. The van der Waals surface area contributed by atoms with Gasteiger partial charge in [0.05, 0.1) is 5.38 Å². The maximum absolute atomic E-state index is 13.1. The van der Waals surface area contributed by atoms with E-state index in [1.807, 2.05) is 6.07 Å². The van der Waals surface area contributed by atoms with E-state index in [9.17, 15) is 4.39 Å². The Morgan fingerprint density at radius 1 is 1.29 bits per heavy atom. The van der Waals surface area contributed by atoms with Crippen molar-refractivity contribution in [1.82, 2.24) is 0 Å². The lowest BCUT2D eigenvalue weighted by atomic mass is 10.0. The van der Waals surface area contributed by atoms with Gasteiger partial charge in [-0.15, -0.1) is 22.9 Å². The Kier molecular flexibility index (Phi) is 3.85. The Bertz CT molecular complexity index is 519. The van der Waals surface area contributed by atoms with Crippen LogP contribution < -0.4 is 0 Å². The summed E-state index contributed by atoms with van der Waals surface area (Å²) in [6.07, 6.45) is 0.663. The Balaban J connectivity index is 2.16. The molecule has 17 heavy (non-hydrogen) atoms. The van der Waals surface area contributed by atoms with Gasteiger partial charge in [-0.25, -0.2) is 4.39 Å². The minimum absolute atomic E-state index is 0.0817. The third-order valence-corrected chi connectivity index (χ3v) is 4.09. The van der Waals surface area contributed by atoms with Crippen molar-refractivity contribution >= 4 is 22.9 Å². The van der Waals surface area contributed by atoms with Gasteiger partial charge >= 0.3 is 0 Å². The molecule has 0 spiro atoms. The number of thiophene rings is 1. The first-order valence-electron chi connectivity index (χ1n) is 5.51. The Labute approximate surface area is 110 Å². The minimum Gasteiger partial charge on any atom is -0.207 e. The van der Waals surface area contributed by atoms with Gasteiger partial charge in [-0.3, -0.25) is 0 Å². The predicted octanol–water partition coefficient (Wildman–Crippen LogP) is 5.03. The zero-order valence-electron chi connectivity index (χ0n) is 9.84. The van der Waals surface area contributed by atoms with E-state index in [2.05, 4.69) is 19.9 Å². The molecule has 2 aromatic rings. The van der Waals surface area contributed by atoms with Crippen LogP contribution in [0.25, 0.3) is 0 Å². The summed E-state index contributed by atoms with van der Waals surface area (Å²) >= 11 is 8.15. The fraction of sp³-hybridized carbons (Fsp3) is 0.286. The lowest BCUT2D eigenvalue weighted by molar-refractivity contribution is 0.625.